The number of aromatic nitrogens is 6. The smallest absolute Gasteiger partial charge is 0.164 e. The molecule has 0 unspecified atom stereocenters. The normalized spacial score (nSPS) is 11.6. The second kappa shape index (κ2) is 13.0. The summed E-state index contributed by atoms with van der Waals surface area (Å²) in [6.45, 7) is 0. The van der Waals surface area contributed by atoms with E-state index in [1.54, 1.807) is 0 Å². The highest BCUT2D eigenvalue weighted by Gasteiger charge is 2.18. The van der Waals surface area contributed by atoms with Crippen LogP contribution in [0.3, 0.4) is 0 Å². The molecular formula is C50H32N6. The van der Waals surface area contributed by atoms with E-state index >= 15 is 0 Å². The zero-order valence-corrected chi connectivity index (χ0v) is 30.2. The van der Waals surface area contributed by atoms with Crippen LogP contribution in [0.5, 0.6) is 0 Å². The Morgan fingerprint density at radius 3 is 1.48 bits per heavy atom. The van der Waals surface area contributed by atoms with E-state index in [1.165, 1.54) is 21.8 Å². The van der Waals surface area contributed by atoms with Gasteiger partial charge in [-0.05, 0) is 60.2 Å². The lowest BCUT2D eigenvalue weighted by molar-refractivity contribution is 1.07. The Labute approximate surface area is 322 Å². The van der Waals surface area contributed by atoms with Gasteiger partial charge in [0.25, 0.3) is 0 Å². The van der Waals surface area contributed by atoms with Crippen LogP contribution >= 0.6 is 0 Å². The molecule has 6 nitrogen and oxygen atoms in total. The van der Waals surface area contributed by atoms with E-state index in [1.807, 2.05) is 66.9 Å². The second-order valence-corrected chi connectivity index (χ2v) is 14.0. The summed E-state index contributed by atoms with van der Waals surface area (Å²) in [4.78, 5) is 20.1. The molecule has 56 heavy (non-hydrogen) atoms. The van der Waals surface area contributed by atoms with E-state index in [2.05, 4.69) is 137 Å². The third kappa shape index (κ3) is 5.27. The van der Waals surface area contributed by atoms with E-state index in [4.69, 9.17) is 19.9 Å². The van der Waals surface area contributed by atoms with Crippen LogP contribution in [-0.4, -0.2) is 29.1 Å². The van der Waals surface area contributed by atoms with Crippen LogP contribution in [0.25, 0.3) is 100 Å². The van der Waals surface area contributed by atoms with Gasteiger partial charge in [-0.25, -0.2) is 19.9 Å². The average molecular weight is 717 g/mol. The van der Waals surface area contributed by atoms with Gasteiger partial charge in [-0.15, -0.1) is 0 Å². The fourth-order valence-corrected chi connectivity index (χ4v) is 7.99. The minimum Gasteiger partial charge on any atom is -0.309 e. The van der Waals surface area contributed by atoms with Crippen molar-refractivity contribution in [2.75, 3.05) is 0 Å². The number of rotatable bonds is 6. The third-order valence-corrected chi connectivity index (χ3v) is 10.6. The standard InChI is InChI=1S/C50H32N6/c1-4-15-33(16-5-1)47-52-48(34-17-6-2-7-18-34)54-49(53-47)36-19-14-22-39(29-36)56-45-26-13-11-24-41(45)43-31-37(32-51-50(43)56)35-27-28-46-42(30-35)40-23-10-12-25-44(40)55(46)38-20-8-3-9-21-38/h1-32H. The van der Waals surface area contributed by atoms with Crippen molar-refractivity contribution in [1.82, 2.24) is 29.1 Å². The summed E-state index contributed by atoms with van der Waals surface area (Å²) in [5, 5.41) is 4.67. The summed E-state index contributed by atoms with van der Waals surface area (Å²) in [6, 6.07) is 65.3. The SMILES string of the molecule is c1ccc(-c2nc(-c3ccccc3)nc(-c3cccc(-n4c5ccccc5c5cc(-c6ccc7c(c6)c6ccccc6n7-c6ccccc6)cnc54)c3)n2)cc1. The molecule has 4 aromatic heterocycles. The number of hydrogen-bond donors (Lipinski definition) is 0. The number of pyridine rings is 1. The lowest BCUT2D eigenvalue weighted by Gasteiger charge is -2.11. The average Bonchev–Trinajstić information content (AvgIpc) is 3.79. The molecule has 0 amide bonds. The molecule has 0 aliphatic carbocycles. The van der Waals surface area contributed by atoms with Gasteiger partial charge in [0.1, 0.15) is 5.65 Å². The zero-order valence-electron chi connectivity index (χ0n) is 30.2. The van der Waals surface area contributed by atoms with Crippen molar-refractivity contribution in [2.24, 2.45) is 0 Å². The van der Waals surface area contributed by atoms with Gasteiger partial charge in [-0.3, -0.25) is 4.57 Å². The maximum atomic E-state index is 5.19. The van der Waals surface area contributed by atoms with Crippen molar-refractivity contribution in [3.8, 4) is 56.7 Å². The van der Waals surface area contributed by atoms with Crippen LogP contribution in [0.15, 0.2) is 194 Å². The van der Waals surface area contributed by atoms with Gasteiger partial charge in [0.15, 0.2) is 17.5 Å². The summed E-state index contributed by atoms with van der Waals surface area (Å²) in [6.07, 6.45) is 2.00. The lowest BCUT2D eigenvalue weighted by atomic mass is 10.0. The fraction of sp³-hybridized carbons (Fsp3) is 0. The van der Waals surface area contributed by atoms with Gasteiger partial charge in [0, 0.05) is 61.4 Å². The maximum absolute atomic E-state index is 5.19. The van der Waals surface area contributed by atoms with Gasteiger partial charge in [0.05, 0.1) is 16.6 Å². The third-order valence-electron chi connectivity index (χ3n) is 10.6. The number of benzene rings is 7. The van der Waals surface area contributed by atoms with Crippen molar-refractivity contribution in [1.29, 1.82) is 0 Å². The molecule has 11 rings (SSSR count). The zero-order chi connectivity index (χ0) is 37.0. The van der Waals surface area contributed by atoms with Crippen molar-refractivity contribution in [3.05, 3.63) is 194 Å². The number of hydrogen-bond acceptors (Lipinski definition) is 4. The van der Waals surface area contributed by atoms with Gasteiger partial charge in [-0.2, -0.15) is 0 Å². The van der Waals surface area contributed by atoms with E-state index in [-0.39, 0.29) is 0 Å². The highest BCUT2D eigenvalue weighted by molar-refractivity contribution is 6.12. The summed E-state index contributed by atoms with van der Waals surface area (Å²) in [5.41, 5.74) is 11.4. The first-order chi connectivity index (χ1) is 27.8. The Hall–Kier alpha value is -7.70. The molecule has 0 aliphatic heterocycles. The predicted octanol–water partition coefficient (Wildman–Crippen LogP) is 12.1. The second-order valence-electron chi connectivity index (χ2n) is 14.0. The van der Waals surface area contributed by atoms with Crippen molar-refractivity contribution in [2.45, 2.75) is 0 Å². The molecule has 6 heteroatoms. The maximum Gasteiger partial charge on any atom is 0.164 e. The Kier molecular flexibility index (Phi) is 7.38. The summed E-state index contributed by atoms with van der Waals surface area (Å²) in [5.74, 6) is 1.88. The highest BCUT2D eigenvalue weighted by Crippen LogP contribution is 2.38. The topological polar surface area (TPSA) is 61.4 Å². The van der Waals surface area contributed by atoms with Gasteiger partial charge >= 0.3 is 0 Å². The minimum absolute atomic E-state index is 0.611. The number of nitrogens with zero attached hydrogens (tertiary/aromatic N) is 6. The molecule has 0 radical (unpaired) electrons. The van der Waals surface area contributed by atoms with Crippen LogP contribution in [0.1, 0.15) is 0 Å². The largest absolute Gasteiger partial charge is 0.309 e. The summed E-state index contributed by atoms with van der Waals surface area (Å²) < 4.78 is 4.59. The van der Waals surface area contributed by atoms with Gasteiger partial charge in [0.2, 0.25) is 0 Å². The van der Waals surface area contributed by atoms with Crippen molar-refractivity contribution >= 4 is 43.7 Å². The first kappa shape index (κ1) is 31.8. The lowest BCUT2D eigenvalue weighted by Crippen LogP contribution is -2.01. The first-order valence-electron chi connectivity index (χ1n) is 18.7. The Morgan fingerprint density at radius 1 is 0.304 bits per heavy atom. The Morgan fingerprint density at radius 2 is 0.804 bits per heavy atom. The molecule has 7 aromatic carbocycles. The fourth-order valence-electron chi connectivity index (χ4n) is 7.99. The summed E-state index contributed by atoms with van der Waals surface area (Å²) >= 11 is 0. The molecular weight excluding hydrogens is 685 g/mol. The van der Waals surface area contributed by atoms with E-state index < -0.39 is 0 Å². The molecule has 0 aliphatic rings. The van der Waals surface area contributed by atoms with Crippen molar-refractivity contribution < 1.29 is 0 Å². The van der Waals surface area contributed by atoms with Gasteiger partial charge in [-0.1, -0.05) is 133 Å². The van der Waals surface area contributed by atoms with Crippen LogP contribution in [0.2, 0.25) is 0 Å². The molecule has 0 atom stereocenters. The highest BCUT2D eigenvalue weighted by atomic mass is 15.1. The molecule has 0 fully saturated rings. The van der Waals surface area contributed by atoms with E-state index in [0.717, 1.165) is 61.1 Å². The first-order valence-corrected chi connectivity index (χ1v) is 18.7. The number of para-hydroxylation sites is 3. The Bertz CT molecular complexity index is 3180. The molecule has 262 valence electrons. The van der Waals surface area contributed by atoms with E-state index in [9.17, 15) is 0 Å². The van der Waals surface area contributed by atoms with Crippen LogP contribution in [0, 0.1) is 0 Å². The molecule has 4 heterocycles. The molecule has 0 saturated carbocycles. The molecule has 0 N–H and O–H groups in total. The molecule has 0 bridgehead atoms. The molecule has 0 saturated heterocycles. The van der Waals surface area contributed by atoms with Crippen LogP contribution in [-0.2, 0) is 0 Å². The minimum atomic E-state index is 0.611. The van der Waals surface area contributed by atoms with E-state index in [0.29, 0.717) is 17.5 Å². The predicted molar refractivity (Wildman–Crippen MR) is 228 cm³/mol. The quantitative estimate of drug-likeness (QED) is 0.172. The van der Waals surface area contributed by atoms with Crippen LogP contribution < -0.4 is 0 Å². The van der Waals surface area contributed by atoms with Gasteiger partial charge < -0.3 is 4.57 Å². The Balaban J connectivity index is 1.05. The summed E-state index contributed by atoms with van der Waals surface area (Å²) in [7, 11) is 0. The molecule has 0 spiro atoms. The number of fused-ring (bicyclic) bond motifs is 6. The van der Waals surface area contributed by atoms with Crippen molar-refractivity contribution in [3.63, 3.8) is 0 Å². The van der Waals surface area contributed by atoms with Crippen LogP contribution in [0.4, 0.5) is 0 Å². The molecule has 11 aromatic rings. The monoisotopic (exact) mass is 716 g/mol.